The van der Waals surface area contributed by atoms with Gasteiger partial charge in [-0.1, -0.05) is 170 Å². The fourth-order valence-electron chi connectivity index (χ4n) is 8.74. The summed E-state index contributed by atoms with van der Waals surface area (Å²) in [5, 5.41) is 1.23. The Morgan fingerprint density at radius 3 is 1.44 bits per heavy atom. The zero-order valence-electron chi connectivity index (χ0n) is 33.4. The van der Waals surface area contributed by atoms with Gasteiger partial charge in [0.15, 0.2) is 0 Å². The lowest BCUT2D eigenvalue weighted by Crippen LogP contribution is -2.09. The summed E-state index contributed by atoms with van der Waals surface area (Å²) in [5.74, 6) is 0. The van der Waals surface area contributed by atoms with E-state index in [0.717, 1.165) is 62.0 Å². The van der Waals surface area contributed by atoms with Crippen LogP contribution >= 0.6 is 0 Å². The molecule has 0 N–H and O–H groups in total. The van der Waals surface area contributed by atoms with Gasteiger partial charge in [-0.3, -0.25) is 4.40 Å². The number of rotatable bonds is 9. The highest BCUT2D eigenvalue weighted by Gasteiger charge is 2.22. The maximum Gasteiger partial charge on any atom is 0.137 e. The van der Waals surface area contributed by atoms with Crippen LogP contribution in [-0.4, -0.2) is 14.0 Å². The van der Waals surface area contributed by atoms with Crippen LogP contribution in [0.15, 0.2) is 243 Å². The predicted octanol–water partition coefficient (Wildman–Crippen LogP) is 15.1. The van der Waals surface area contributed by atoms with Gasteiger partial charge < -0.3 is 9.47 Å². The minimum Gasteiger partial charge on any atom is -0.311 e. The molecule has 61 heavy (non-hydrogen) atoms. The molecule has 0 aliphatic heterocycles. The molecule has 3 aromatic heterocycles. The number of aromatic nitrogens is 3. The molecular formula is C57H40N4. The number of benzene rings is 8. The third-order valence-electron chi connectivity index (χ3n) is 11.6. The molecule has 0 atom stereocenters. The summed E-state index contributed by atoms with van der Waals surface area (Å²) in [4.78, 5) is 7.41. The van der Waals surface area contributed by atoms with Gasteiger partial charge in [0.25, 0.3) is 0 Å². The number of fused-ring (bicyclic) bond motifs is 2. The van der Waals surface area contributed by atoms with Crippen molar-refractivity contribution in [2.75, 3.05) is 4.90 Å². The standard InChI is InChI=1S/C57H40N4/c1-5-17-43(18-6-1)54-51-25-13-14-26-52(51)61(56(54)45-19-7-2-8-20-45)50-36-30-42(31-37-50)41-28-34-48(35-29-41)60(47-23-11-4-12-24-47)49-38-32-44(33-39-49)55-57(46-21-9-3-10-22-46)59-40-16-15-27-53(59)58-55/h1-40H. The third-order valence-corrected chi connectivity index (χ3v) is 11.6. The third kappa shape index (κ3) is 6.57. The van der Waals surface area contributed by atoms with Crippen molar-refractivity contribution >= 4 is 33.6 Å². The molecule has 4 nitrogen and oxygen atoms in total. The van der Waals surface area contributed by atoms with Crippen LogP contribution in [0.1, 0.15) is 0 Å². The summed E-state index contributed by atoms with van der Waals surface area (Å²) >= 11 is 0. The number of imidazole rings is 1. The first-order valence-electron chi connectivity index (χ1n) is 20.7. The molecule has 288 valence electrons. The number of hydrogen-bond donors (Lipinski definition) is 0. The van der Waals surface area contributed by atoms with Gasteiger partial charge in [0.05, 0.1) is 22.6 Å². The number of nitrogens with zero attached hydrogens (tertiary/aromatic N) is 4. The molecule has 0 saturated heterocycles. The minimum atomic E-state index is 0.924. The van der Waals surface area contributed by atoms with Crippen LogP contribution in [0.4, 0.5) is 17.1 Å². The maximum absolute atomic E-state index is 5.10. The molecule has 8 aromatic carbocycles. The topological polar surface area (TPSA) is 25.5 Å². The Bertz CT molecular complexity index is 3240. The summed E-state index contributed by atoms with van der Waals surface area (Å²) in [6, 6.07) is 84.1. The molecule has 0 spiro atoms. The van der Waals surface area contributed by atoms with Crippen LogP contribution in [0.25, 0.3) is 78.3 Å². The van der Waals surface area contributed by atoms with E-state index in [0.29, 0.717) is 0 Å². The van der Waals surface area contributed by atoms with Gasteiger partial charge in [-0.25, -0.2) is 4.98 Å². The normalized spacial score (nSPS) is 11.3. The van der Waals surface area contributed by atoms with E-state index < -0.39 is 0 Å². The highest BCUT2D eigenvalue weighted by atomic mass is 15.1. The van der Waals surface area contributed by atoms with Gasteiger partial charge in [0.1, 0.15) is 5.65 Å². The molecule has 11 aromatic rings. The summed E-state index contributed by atoms with van der Waals surface area (Å²) in [6.45, 7) is 0. The van der Waals surface area contributed by atoms with Gasteiger partial charge in [-0.05, 0) is 89.0 Å². The van der Waals surface area contributed by atoms with E-state index in [1.807, 2.05) is 6.07 Å². The van der Waals surface area contributed by atoms with Gasteiger partial charge in [-0.2, -0.15) is 0 Å². The van der Waals surface area contributed by atoms with E-state index in [1.54, 1.807) is 0 Å². The molecule has 3 heterocycles. The van der Waals surface area contributed by atoms with Crippen LogP contribution in [0.3, 0.4) is 0 Å². The lowest BCUT2D eigenvalue weighted by Gasteiger charge is -2.26. The Labute approximate surface area is 355 Å². The van der Waals surface area contributed by atoms with E-state index >= 15 is 0 Å². The van der Waals surface area contributed by atoms with E-state index in [1.165, 1.54) is 33.3 Å². The van der Waals surface area contributed by atoms with Gasteiger partial charge in [-0.15, -0.1) is 0 Å². The average molecular weight is 781 g/mol. The maximum atomic E-state index is 5.10. The Balaban J connectivity index is 0.940. The lowest BCUT2D eigenvalue weighted by molar-refractivity contribution is 1.14. The molecular weight excluding hydrogens is 741 g/mol. The van der Waals surface area contributed by atoms with Crippen LogP contribution in [0.5, 0.6) is 0 Å². The molecule has 0 aliphatic rings. The molecule has 4 heteroatoms. The molecule has 0 bridgehead atoms. The monoisotopic (exact) mass is 780 g/mol. The summed E-state index contributed by atoms with van der Waals surface area (Å²) in [7, 11) is 0. The number of para-hydroxylation sites is 2. The van der Waals surface area contributed by atoms with Crippen LogP contribution < -0.4 is 4.90 Å². The zero-order valence-corrected chi connectivity index (χ0v) is 33.4. The van der Waals surface area contributed by atoms with Crippen molar-refractivity contribution in [2.45, 2.75) is 0 Å². The smallest absolute Gasteiger partial charge is 0.137 e. The fourth-order valence-corrected chi connectivity index (χ4v) is 8.74. The second-order valence-corrected chi connectivity index (χ2v) is 15.2. The molecule has 0 amide bonds. The van der Waals surface area contributed by atoms with Gasteiger partial charge in [0, 0.05) is 51.0 Å². The van der Waals surface area contributed by atoms with Crippen molar-refractivity contribution in [3.8, 4) is 61.7 Å². The van der Waals surface area contributed by atoms with Crippen molar-refractivity contribution in [3.05, 3.63) is 243 Å². The van der Waals surface area contributed by atoms with Crippen molar-refractivity contribution < 1.29 is 0 Å². The Morgan fingerprint density at radius 1 is 0.344 bits per heavy atom. The Hall–Kier alpha value is -8.21. The van der Waals surface area contributed by atoms with E-state index in [4.69, 9.17) is 4.98 Å². The fraction of sp³-hybridized carbons (Fsp3) is 0. The van der Waals surface area contributed by atoms with Crippen LogP contribution in [0.2, 0.25) is 0 Å². The predicted molar refractivity (Wildman–Crippen MR) is 254 cm³/mol. The molecule has 0 radical (unpaired) electrons. The molecule has 11 rings (SSSR count). The Morgan fingerprint density at radius 2 is 0.820 bits per heavy atom. The summed E-state index contributed by atoms with van der Waals surface area (Å²) in [5.41, 5.74) is 17.9. The summed E-state index contributed by atoms with van der Waals surface area (Å²) in [6.07, 6.45) is 2.09. The van der Waals surface area contributed by atoms with Crippen molar-refractivity contribution in [1.82, 2.24) is 14.0 Å². The van der Waals surface area contributed by atoms with Crippen molar-refractivity contribution in [2.24, 2.45) is 0 Å². The molecule has 0 saturated carbocycles. The number of pyridine rings is 1. The largest absolute Gasteiger partial charge is 0.311 e. The first-order valence-corrected chi connectivity index (χ1v) is 20.7. The highest BCUT2D eigenvalue weighted by molar-refractivity contribution is 6.05. The van der Waals surface area contributed by atoms with Gasteiger partial charge in [0.2, 0.25) is 0 Å². The van der Waals surface area contributed by atoms with E-state index in [9.17, 15) is 0 Å². The SMILES string of the molecule is c1ccc(-c2c(-c3ccccc3)n(-c3ccc(-c4ccc(N(c5ccccc5)c5ccc(-c6nc7ccccn7c6-c6ccccc6)cc5)cc4)cc3)c3ccccc23)cc1. The second kappa shape index (κ2) is 15.5. The van der Waals surface area contributed by atoms with E-state index in [-0.39, 0.29) is 0 Å². The van der Waals surface area contributed by atoms with Crippen molar-refractivity contribution in [1.29, 1.82) is 0 Å². The highest BCUT2D eigenvalue weighted by Crippen LogP contribution is 2.43. The van der Waals surface area contributed by atoms with E-state index in [2.05, 4.69) is 251 Å². The Kier molecular flexibility index (Phi) is 9.14. The minimum absolute atomic E-state index is 0.924. The number of anilines is 3. The zero-order chi connectivity index (χ0) is 40.5. The van der Waals surface area contributed by atoms with Crippen LogP contribution in [-0.2, 0) is 0 Å². The summed E-state index contributed by atoms with van der Waals surface area (Å²) < 4.78 is 4.59. The first kappa shape index (κ1) is 35.9. The van der Waals surface area contributed by atoms with Crippen molar-refractivity contribution in [3.63, 3.8) is 0 Å². The quantitative estimate of drug-likeness (QED) is 0.146. The average Bonchev–Trinajstić information content (AvgIpc) is 3.90. The molecule has 0 unspecified atom stereocenters. The molecule has 0 fully saturated rings. The first-order chi connectivity index (χ1) is 30.3. The van der Waals surface area contributed by atoms with Gasteiger partial charge >= 0.3 is 0 Å². The lowest BCUT2D eigenvalue weighted by atomic mass is 9.98. The second-order valence-electron chi connectivity index (χ2n) is 15.2. The number of hydrogen-bond acceptors (Lipinski definition) is 2. The molecule has 0 aliphatic carbocycles. The van der Waals surface area contributed by atoms with Crippen LogP contribution in [0, 0.1) is 0 Å².